The Morgan fingerprint density at radius 3 is 2.84 bits per heavy atom. The fourth-order valence-corrected chi connectivity index (χ4v) is 3.35. The Balaban J connectivity index is 2.17. The topological polar surface area (TPSA) is 46.6 Å². The van der Waals surface area contributed by atoms with Gasteiger partial charge in [-0.15, -0.1) is 0 Å². The zero-order valence-corrected chi connectivity index (χ0v) is 11.2. The molecule has 3 rings (SSSR count). The van der Waals surface area contributed by atoms with E-state index >= 15 is 0 Å². The number of rotatable bonds is 2. The zero-order chi connectivity index (χ0) is 13.6. The number of nitrogens with zero attached hydrogens (tertiary/aromatic N) is 1. The van der Waals surface area contributed by atoms with Crippen LogP contribution in [0.2, 0.25) is 0 Å². The van der Waals surface area contributed by atoms with Gasteiger partial charge in [0.1, 0.15) is 0 Å². The van der Waals surface area contributed by atoms with Gasteiger partial charge in [-0.25, -0.2) is 0 Å². The van der Waals surface area contributed by atoms with Gasteiger partial charge in [0.15, 0.2) is 0 Å². The van der Waals surface area contributed by atoms with Crippen molar-refractivity contribution < 1.29 is 14.3 Å². The van der Waals surface area contributed by atoms with Gasteiger partial charge in [0, 0.05) is 18.5 Å². The average Bonchev–Trinajstić information content (AvgIpc) is 2.84. The van der Waals surface area contributed by atoms with Crippen LogP contribution < -0.4 is 4.90 Å². The number of para-hydroxylation sites is 1. The summed E-state index contributed by atoms with van der Waals surface area (Å²) in [6, 6.07) is 7.59. The lowest BCUT2D eigenvalue weighted by Crippen LogP contribution is -2.43. The molecule has 0 saturated carbocycles. The summed E-state index contributed by atoms with van der Waals surface area (Å²) in [6.45, 7) is 2.06. The van der Waals surface area contributed by atoms with Gasteiger partial charge in [-0.3, -0.25) is 9.59 Å². The quantitative estimate of drug-likeness (QED) is 0.765. The molecule has 1 aromatic rings. The molecule has 2 heterocycles. The van der Waals surface area contributed by atoms with E-state index in [-0.39, 0.29) is 17.8 Å². The summed E-state index contributed by atoms with van der Waals surface area (Å²) in [5, 5.41) is 0. The Labute approximate surface area is 112 Å². The number of hydrogen-bond donors (Lipinski definition) is 0. The molecule has 100 valence electrons. The van der Waals surface area contributed by atoms with Gasteiger partial charge in [-0.2, -0.15) is 0 Å². The molecule has 1 saturated heterocycles. The number of fused-ring (bicyclic) bond motifs is 2. The second-order valence-electron chi connectivity index (χ2n) is 5.28. The maximum absolute atomic E-state index is 12.7. The van der Waals surface area contributed by atoms with Crippen LogP contribution in [-0.4, -0.2) is 18.9 Å². The summed E-state index contributed by atoms with van der Waals surface area (Å²) in [6.07, 6.45) is 2.09. The van der Waals surface area contributed by atoms with E-state index in [1.54, 1.807) is 11.9 Å². The van der Waals surface area contributed by atoms with Crippen LogP contribution in [-0.2, 0) is 19.9 Å². The van der Waals surface area contributed by atoms with Gasteiger partial charge in [-0.05, 0) is 12.5 Å². The predicted octanol–water partition coefficient (Wildman–Crippen LogP) is 2.22. The number of likely N-dealkylation sites (N-methyl/N-ethyl adjacent to an activating group) is 1. The van der Waals surface area contributed by atoms with Crippen molar-refractivity contribution in [3.8, 4) is 0 Å². The molecule has 19 heavy (non-hydrogen) atoms. The zero-order valence-electron chi connectivity index (χ0n) is 11.2. The van der Waals surface area contributed by atoms with Crippen molar-refractivity contribution in [1.82, 2.24) is 0 Å². The number of hydrogen-bond acceptors (Lipinski definition) is 3. The second kappa shape index (κ2) is 4.08. The normalized spacial score (nSPS) is 28.9. The molecule has 4 heteroatoms. The first-order chi connectivity index (χ1) is 9.11. The molecule has 0 radical (unpaired) electrons. The first kappa shape index (κ1) is 12.2. The molecule has 0 unspecified atom stereocenters. The maximum atomic E-state index is 12.7. The largest absolute Gasteiger partial charge is 0.443 e. The van der Waals surface area contributed by atoms with Crippen LogP contribution in [0.1, 0.15) is 31.7 Å². The minimum Gasteiger partial charge on any atom is -0.443 e. The Kier molecular flexibility index (Phi) is 2.62. The third kappa shape index (κ3) is 1.46. The second-order valence-corrected chi connectivity index (χ2v) is 5.28. The van der Waals surface area contributed by atoms with E-state index in [0.717, 1.165) is 24.1 Å². The van der Waals surface area contributed by atoms with Crippen LogP contribution in [0.25, 0.3) is 0 Å². The van der Waals surface area contributed by atoms with Crippen LogP contribution in [0.4, 0.5) is 5.69 Å². The fraction of sp³-hybridized carbons (Fsp3) is 0.467. The molecule has 1 aromatic carbocycles. The van der Waals surface area contributed by atoms with E-state index in [4.69, 9.17) is 4.74 Å². The van der Waals surface area contributed by atoms with Crippen LogP contribution >= 0.6 is 0 Å². The Hall–Kier alpha value is -1.84. The van der Waals surface area contributed by atoms with E-state index < -0.39 is 5.60 Å². The molecular formula is C15H17NO3. The predicted molar refractivity (Wildman–Crippen MR) is 70.6 cm³/mol. The van der Waals surface area contributed by atoms with Gasteiger partial charge in [0.2, 0.25) is 5.60 Å². The van der Waals surface area contributed by atoms with E-state index in [0.29, 0.717) is 6.42 Å². The third-order valence-corrected chi connectivity index (χ3v) is 4.19. The fourth-order valence-electron chi connectivity index (χ4n) is 3.35. The van der Waals surface area contributed by atoms with Crippen molar-refractivity contribution in [1.29, 1.82) is 0 Å². The number of ether oxygens (including phenoxy) is 1. The smallest absolute Gasteiger partial charge is 0.307 e. The standard InChI is InChI=1S/C15H17NO3/c1-3-6-10-9-13(17)19-15(10)11-7-4-5-8-12(11)16(2)14(15)18/h4-5,7-8,10H,3,6,9H2,1-2H3/t10-,15-/m1/s1. The maximum Gasteiger partial charge on any atom is 0.307 e. The van der Waals surface area contributed by atoms with Crippen molar-refractivity contribution in [3.05, 3.63) is 29.8 Å². The number of amides is 1. The van der Waals surface area contributed by atoms with Gasteiger partial charge < -0.3 is 9.64 Å². The molecule has 2 aliphatic heterocycles. The summed E-state index contributed by atoms with van der Waals surface area (Å²) in [7, 11) is 1.74. The Morgan fingerprint density at radius 2 is 2.11 bits per heavy atom. The molecule has 0 N–H and O–H groups in total. The minimum absolute atomic E-state index is 0.0522. The number of esters is 1. The minimum atomic E-state index is -1.07. The summed E-state index contributed by atoms with van der Waals surface area (Å²) in [4.78, 5) is 26.0. The van der Waals surface area contributed by atoms with E-state index in [9.17, 15) is 9.59 Å². The number of anilines is 1. The molecule has 1 amide bonds. The molecule has 0 aliphatic carbocycles. The molecule has 0 bridgehead atoms. The summed E-state index contributed by atoms with van der Waals surface area (Å²) < 4.78 is 5.55. The van der Waals surface area contributed by atoms with Gasteiger partial charge in [-0.1, -0.05) is 31.5 Å². The summed E-state index contributed by atoms with van der Waals surface area (Å²) >= 11 is 0. The number of carbonyl (C=O) groups is 2. The number of carbonyl (C=O) groups excluding carboxylic acids is 2. The van der Waals surface area contributed by atoms with Crippen molar-refractivity contribution >= 4 is 17.6 Å². The molecule has 2 atom stereocenters. The lowest BCUT2D eigenvalue weighted by molar-refractivity contribution is -0.159. The molecule has 1 spiro atoms. The van der Waals surface area contributed by atoms with E-state index in [1.807, 2.05) is 24.3 Å². The van der Waals surface area contributed by atoms with Crippen LogP contribution in [0.3, 0.4) is 0 Å². The van der Waals surface area contributed by atoms with Gasteiger partial charge in [0.25, 0.3) is 5.91 Å². The van der Waals surface area contributed by atoms with Crippen LogP contribution in [0.15, 0.2) is 24.3 Å². The van der Waals surface area contributed by atoms with Crippen LogP contribution in [0, 0.1) is 5.92 Å². The molecule has 1 fully saturated rings. The first-order valence-corrected chi connectivity index (χ1v) is 6.70. The SMILES string of the molecule is CCC[C@@H]1CC(=O)O[C@]12C(=O)N(C)c1ccccc12. The van der Waals surface area contributed by atoms with E-state index in [1.165, 1.54) is 0 Å². The van der Waals surface area contributed by atoms with Crippen molar-refractivity contribution in [3.63, 3.8) is 0 Å². The molecular weight excluding hydrogens is 242 g/mol. The third-order valence-electron chi connectivity index (χ3n) is 4.19. The van der Waals surface area contributed by atoms with Crippen LogP contribution in [0.5, 0.6) is 0 Å². The summed E-state index contributed by atoms with van der Waals surface area (Å²) in [5.41, 5.74) is 0.619. The number of benzene rings is 1. The Bertz CT molecular complexity index is 554. The Morgan fingerprint density at radius 1 is 1.37 bits per heavy atom. The highest BCUT2D eigenvalue weighted by molar-refractivity contribution is 6.08. The highest BCUT2D eigenvalue weighted by atomic mass is 16.6. The lowest BCUT2D eigenvalue weighted by Gasteiger charge is -2.27. The van der Waals surface area contributed by atoms with Gasteiger partial charge >= 0.3 is 5.97 Å². The summed E-state index contributed by atoms with van der Waals surface area (Å²) in [5.74, 6) is -0.432. The first-order valence-electron chi connectivity index (χ1n) is 6.70. The highest BCUT2D eigenvalue weighted by Crippen LogP contribution is 2.52. The van der Waals surface area contributed by atoms with Crippen molar-refractivity contribution in [2.45, 2.75) is 31.8 Å². The molecule has 0 aromatic heterocycles. The molecule has 2 aliphatic rings. The van der Waals surface area contributed by atoms with Crippen molar-refractivity contribution in [2.24, 2.45) is 5.92 Å². The highest BCUT2D eigenvalue weighted by Gasteiger charge is 2.61. The molecule has 4 nitrogen and oxygen atoms in total. The van der Waals surface area contributed by atoms with E-state index in [2.05, 4.69) is 6.92 Å². The van der Waals surface area contributed by atoms with Crippen molar-refractivity contribution in [2.75, 3.05) is 11.9 Å². The van der Waals surface area contributed by atoms with Gasteiger partial charge in [0.05, 0.1) is 12.1 Å². The average molecular weight is 259 g/mol. The monoisotopic (exact) mass is 259 g/mol. The lowest BCUT2D eigenvalue weighted by atomic mass is 9.80.